The molecule has 2 heterocycles. The predicted molar refractivity (Wildman–Crippen MR) is 138 cm³/mol. The third kappa shape index (κ3) is 4.97. The molecule has 1 aliphatic heterocycles. The number of hydrogen-bond donors (Lipinski definition) is 1. The van der Waals surface area contributed by atoms with Crippen molar-refractivity contribution in [3.05, 3.63) is 89.0 Å². The molecule has 182 valence electrons. The normalized spacial score (nSPS) is 15.7. The van der Waals surface area contributed by atoms with Gasteiger partial charge in [0, 0.05) is 5.56 Å². The topological polar surface area (TPSA) is 90.1 Å². The monoisotopic (exact) mass is 556 g/mol. The van der Waals surface area contributed by atoms with Gasteiger partial charge in [0.2, 0.25) is 0 Å². The van der Waals surface area contributed by atoms with Crippen LogP contribution < -0.4 is 19.6 Å². The number of carbonyl (C=O) groups excluding carboxylic acids is 1. The summed E-state index contributed by atoms with van der Waals surface area (Å²) in [6, 6.07) is 11.6. The molecule has 1 unspecified atom stereocenters. The van der Waals surface area contributed by atoms with Crippen LogP contribution in [-0.2, 0) is 9.53 Å². The van der Waals surface area contributed by atoms with Gasteiger partial charge in [0.25, 0.3) is 5.56 Å². The number of phenolic OH excluding ortho intramolecular Hbond substituents is 1. The average Bonchev–Trinajstić information content (AvgIpc) is 3.10. The van der Waals surface area contributed by atoms with Gasteiger partial charge in [-0.15, -0.1) is 0 Å². The lowest BCUT2D eigenvalue weighted by molar-refractivity contribution is -0.139. The Labute approximate surface area is 214 Å². The van der Waals surface area contributed by atoms with Crippen LogP contribution in [0.1, 0.15) is 44.9 Å². The molecule has 0 spiro atoms. The van der Waals surface area contributed by atoms with Crippen molar-refractivity contribution in [1.82, 2.24) is 4.57 Å². The number of allylic oxidation sites excluding steroid dienone is 1. The quantitative estimate of drug-likeness (QED) is 0.462. The van der Waals surface area contributed by atoms with Gasteiger partial charge in [-0.3, -0.25) is 9.36 Å². The molecule has 1 aliphatic rings. The van der Waals surface area contributed by atoms with E-state index in [2.05, 4.69) is 20.9 Å². The van der Waals surface area contributed by atoms with Gasteiger partial charge in [-0.2, -0.15) is 0 Å². The number of benzene rings is 2. The van der Waals surface area contributed by atoms with Crippen LogP contribution in [0.25, 0.3) is 6.08 Å². The highest BCUT2D eigenvalue weighted by molar-refractivity contribution is 9.10. The number of nitrogens with zero attached hydrogens (tertiary/aromatic N) is 2. The van der Waals surface area contributed by atoms with E-state index >= 15 is 0 Å². The zero-order valence-electron chi connectivity index (χ0n) is 19.7. The van der Waals surface area contributed by atoms with E-state index in [9.17, 15) is 14.7 Å². The average molecular weight is 557 g/mol. The van der Waals surface area contributed by atoms with Gasteiger partial charge in [0.15, 0.2) is 4.80 Å². The molecule has 7 nitrogen and oxygen atoms in total. The summed E-state index contributed by atoms with van der Waals surface area (Å²) in [6.45, 7) is 7.53. The Hall–Kier alpha value is -3.17. The molecule has 2 aromatic carbocycles. The summed E-state index contributed by atoms with van der Waals surface area (Å²) in [5.41, 5.74) is 1.93. The molecule has 35 heavy (non-hydrogen) atoms. The van der Waals surface area contributed by atoms with Gasteiger partial charge in [-0.05, 0) is 73.5 Å². The van der Waals surface area contributed by atoms with E-state index in [1.54, 1.807) is 38.1 Å². The molecule has 0 saturated carbocycles. The lowest BCUT2D eigenvalue weighted by Gasteiger charge is -2.26. The number of carbonyl (C=O) groups is 1. The lowest BCUT2D eigenvalue weighted by Crippen LogP contribution is -2.40. The molecule has 0 saturated heterocycles. The van der Waals surface area contributed by atoms with Crippen LogP contribution in [0.2, 0.25) is 0 Å². The van der Waals surface area contributed by atoms with Crippen LogP contribution in [0.4, 0.5) is 0 Å². The summed E-state index contributed by atoms with van der Waals surface area (Å²) in [4.78, 5) is 31.9. The first-order valence-corrected chi connectivity index (χ1v) is 12.8. The molecule has 1 aromatic heterocycles. The predicted octanol–water partition coefficient (Wildman–Crippen LogP) is 4.05. The minimum Gasteiger partial charge on any atom is -0.507 e. The lowest BCUT2D eigenvalue weighted by atomic mass is 9.95. The Morgan fingerprint density at radius 1 is 1.29 bits per heavy atom. The maximum Gasteiger partial charge on any atom is 0.338 e. The van der Waals surface area contributed by atoms with Crippen LogP contribution in [-0.4, -0.2) is 28.4 Å². The van der Waals surface area contributed by atoms with Crippen molar-refractivity contribution in [2.45, 2.75) is 39.8 Å². The van der Waals surface area contributed by atoms with Crippen LogP contribution in [0.3, 0.4) is 0 Å². The number of esters is 1. The van der Waals surface area contributed by atoms with Crippen molar-refractivity contribution in [2.24, 2.45) is 4.99 Å². The van der Waals surface area contributed by atoms with E-state index in [-0.39, 0.29) is 24.0 Å². The maximum atomic E-state index is 13.7. The second-order valence-electron chi connectivity index (χ2n) is 8.22. The molecule has 4 rings (SSSR count). The first-order valence-electron chi connectivity index (χ1n) is 11.1. The largest absolute Gasteiger partial charge is 0.507 e. The Morgan fingerprint density at radius 2 is 2.03 bits per heavy atom. The van der Waals surface area contributed by atoms with E-state index in [0.717, 1.165) is 5.56 Å². The fourth-order valence-electron chi connectivity index (χ4n) is 3.92. The fraction of sp³-hybridized carbons (Fsp3) is 0.269. The molecule has 0 amide bonds. The van der Waals surface area contributed by atoms with Crippen LogP contribution in [0.5, 0.6) is 11.5 Å². The second kappa shape index (κ2) is 10.2. The fourth-order valence-corrected chi connectivity index (χ4v) is 5.36. The Bertz CT molecular complexity index is 1500. The summed E-state index contributed by atoms with van der Waals surface area (Å²) < 4.78 is 13.9. The number of fused-ring (bicyclic) bond motifs is 1. The first kappa shape index (κ1) is 24.9. The number of hydrogen-bond acceptors (Lipinski definition) is 7. The molecule has 3 aromatic rings. The molecule has 1 N–H and O–H groups in total. The van der Waals surface area contributed by atoms with Gasteiger partial charge in [0.05, 0.1) is 33.0 Å². The smallest absolute Gasteiger partial charge is 0.338 e. The van der Waals surface area contributed by atoms with E-state index in [0.29, 0.717) is 36.4 Å². The van der Waals surface area contributed by atoms with Crippen molar-refractivity contribution in [3.8, 4) is 11.5 Å². The number of para-hydroxylation sites is 1. The van der Waals surface area contributed by atoms with Crippen LogP contribution in [0, 0.1) is 0 Å². The van der Waals surface area contributed by atoms with Gasteiger partial charge >= 0.3 is 5.97 Å². The Balaban J connectivity index is 1.98. The summed E-state index contributed by atoms with van der Waals surface area (Å²) in [7, 11) is 0. The molecule has 0 radical (unpaired) electrons. The van der Waals surface area contributed by atoms with Crippen LogP contribution >= 0.6 is 27.3 Å². The van der Waals surface area contributed by atoms with E-state index in [4.69, 9.17) is 9.47 Å². The molecule has 9 heteroatoms. The van der Waals surface area contributed by atoms with Gasteiger partial charge in [-0.1, -0.05) is 35.6 Å². The SMILES string of the molecule is CCOC(=O)C1=C(C)N=c2s/c(=C\c3ccc(O)c(Br)c3)c(=O)n2C1c1ccccc1OC(C)C. The third-order valence-electron chi connectivity index (χ3n) is 5.36. The Kier molecular flexibility index (Phi) is 7.28. The highest BCUT2D eigenvalue weighted by Gasteiger charge is 2.35. The number of ether oxygens (including phenoxy) is 2. The highest BCUT2D eigenvalue weighted by atomic mass is 79.9. The zero-order chi connectivity index (χ0) is 25.3. The van der Waals surface area contributed by atoms with Crippen molar-refractivity contribution < 1.29 is 19.4 Å². The molecule has 0 aliphatic carbocycles. The summed E-state index contributed by atoms with van der Waals surface area (Å²) in [6.07, 6.45) is 1.64. The van der Waals surface area contributed by atoms with Crippen molar-refractivity contribution in [1.29, 1.82) is 0 Å². The molecular formula is C26H25BrN2O5S. The maximum absolute atomic E-state index is 13.7. The minimum atomic E-state index is -0.756. The summed E-state index contributed by atoms with van der Waals surface area (Å²) in [5.74, 6) is 0.177. The standard InChI is InChI=1S/C26H25BrN2O5S/c1-5-33-25(32)22-15(4)28-26-29(23(22)17-8-6-7-9-20(17)34-14(2)3)24(31)21(35-26)13-16-10-11-19(30)18(27)12-16/h6-14,23,30H,5H2,1-4H3/b21-13-. The Morgan fingerprint density at radius 3 is 2.71 bits per heavy atom. The van der Waals surface area contributed by atoms with E-state index < -0.39 is 12.0 Å². The molecule has 1 atom stereocenters. The number of thiazole rings is 1. The number of rotatable bonds is 6. The second-order valence-corrected chi connectivity index (χ2v) is 10.1. The number of halogens is 1. The number of aromatic hydroxyl groups is 1. The van der Waals surface area contributed by atoms with Crippen LogP contribution in [0.15, 0.2) is 68.0 Å². The molecular weight excluding hydrogens is 532 g/mol. The van der Waals surface area contributed by atoms with Gasteiger partial charge in [-0.25, -0.2) is 9.79 Å². The van der Waals surface area contributed by atoms with E-state index in [1.807, 2.05) is 38.1 Å². The van der Waals surface area contributed by atoms with Gasteiger partial charge < -0.3 is 14.6 Å². The van der Waals surface area contributed by atoms with Crippen molar-refractivity contribution >= 4 is 39.3 Å². The first-order chi connectivity index (χ1) is 16.7. The number of phenols is 1. The minimum absolute atomic E-state index is 0.101. The zero-order valence-corrected chi connectivity index (χ0v) is 22.1. The third-order valence-corrected chi connectivity index (χ3v) is 6.98. The number of aromatic nitrogens is 1. The van der Waals surface area contributed by atoms with E-state index in [1.165, 1.54) is 15.9 Å². The molecule has 0 bridgehead atoms. The van der Waals surface area contributed by atoms with Crippen molar-refractivity contribution in [2.75, 3.05) is 6.61 Å². The summed E-state index contributed by atoms with van der Waals surface area (Å²) in [5, 5.41) is 9.80. The summed E-state index contributed by atoms with van der Waals surface area (Å²) >= 11 is 4.55. The molecule has 0 fully saturated rings. The highest BCUT2D eigenvalue weighted by Crippen LogP contribution is 2.36. The van der Waals surface area contributed by atoms with Gasteiger partial charge in [0.1, 0.15) is 17.5 Å². The van der Waals surface area contributed by atoms with Crippen molar-refractivity contribution in [3.63, 3.8) is 0 Å².